The maximum atomic E-state index is 4.83. The quantitative estimate of drug-likeness (QED) is 0.367. The summed E-state index contributed by atoms with van der Waals surface area (Å²) >= 11 is 1.63. The van der Waals surface area contributed by atoms with Gasteiger partial charge in [0.05, 0.1) is 23.6 Å². The van der Waals surface area contributed by atoms with Crippen LogP contribution in [0.25, 0.3) is 27.3 Å². The molecule has 4 aromatic heterocycles. The Balaban J connectivity index is 1.24. The summed E-state index contributed by atoms with van der Waals surface area (Å²) in [5, 5.41) is 22.9. The summed E-state index contributed by atoms with van der Waals surface area (Å²) in [4.78, 5) is 9.34. The summed E-state index contributed by atoms with van der Waals surface area (Å²) in [7, 11) is 0. The van der Waals surface area contributed by atoms with Crippen molar-refractivity contribution < 1.29 is 0 Å². The highest BCUT2D eigenvalue weighted by atomic mass is 32.1. The first-order valence-electron chi connectivity index (χ1n) is 10.5. The van der Waals surface area contributed by atoms with E-state index in [9.17, 15) is 0 Å². The number of rotatable bonds is 6. The van der Waals surface area contributed by atoms with Crippen LogP contribution in [0.5, 0.6) is 0 Å². The maximum absolute atomic E-state index is 4.83. The Morgan fingerprint density at radius 1 is 1.13 bits per heavy atom. The molecule has 1 saturated carbocycles. The van der Waals surface area contributed by atoms with Crippen molar-refractivity contribution in [3.05, 3.63) is 53.8 Å². The van der Waals surface area contributed by atoms with Crippen LogP contribution in [0.15, 0.2) is 48.1 Å². The fraction of sp³-hybridized carbons (Fsp3) is 0.273. The number of aromatic amines is 1. The fourth-order valence-corrected chi connectivity index (χ4v) is 4.95. The van der Waals surface area contributed by atoms with E-state index in [2.05, 4.69) is 31.2 Å². The Morgan fingerprint density at radius 2 is 2.06 bits per heavy atom. The Kier molecular flexibility index (Phi) is 4.62. The molecule has 0 spiro atoms. The summed E-state index contributed by atoms with van der Waals surface area (Å²) in [6.45, 7) is 0.814. The first-order chi connectivity index (χ1) is 15.3. The van der Waals surface area contributed by atoms with Gasteiger partial charge >= 0.3 is 0 Å². The second kappa shape index (κ2) is 7.75. The van der Waals surface area contributed by atoms with E-state index in [1.54, 1.807) is 11.3 Å². The van der Waals surface area contributed by atoms with Gasteiger partial charge in [-0.3, -0.25) is 5.10 Å². The lowest BCUT2D eigenvalue weighted by molar-refractivity contribution is 0.520. The van der Waals surface area contributed by atoms with Gasteiger partial charge in [0.2, 0.25) is 0 Å². The number of nitrogens with one attached hydrogen (secondary N) is 3. The highest BCUT2D eigenvalue weighted by Crippen LogP contribution is 2.26. The molecule has 156 valence electrons. The first kappa shape index (κ1) is 18.5. The largest absolute Gasteiger partial charge is 0.339 e. The van der Waals surface area contributed by atoms with Crippen LogP contribution in [0.3, 0.4) is 0 Å². The first-order valence-corrected chi connectivity index (χ1v) is 11.4. The number of H-pyrrole nitrogens is 1. The van der Waals surface area contributed by atoms with Crippen molar-refractivity contribution in [2.45, 2.75) is 38.3 Å². The van der Waals surface area contributed by atoms with E-state index < -0.39 is 0 Å². The van der Waals surface area contributed by atoms with Crippen molar-refractivity contribution >= 4 is 39.4 Å². The van der Waals surface area contributed by atoms with E-state index in [1.165, 1.54) is 25.7 Å². The number of aromatic nitrogens is 6. The topological polar surface area (TPSA) is 95.8 Å². The normalized spacial score (nSPS) is 14.7. The Labute approximate surface area is 182 Å². The molecule has 6 rings (SSSR count). The molecule has 5 aromatic rings. The third kappa shape index (κ3) is 3.66. The minimum atomic E-state index is 0.637. The van der Waals surface area contributed by atoms with Crippen LogP contribution in [0.2, 0.25) is 0 Å². The predicted octanol–water partition coefficient (Wildman–Crippen LogP) is 4.50. The van der Waals surface area contributed by atoms with Gasteiger partial charge in [0, 0.05) is 29.0 Å². The van der Waals surface area contributed by atoms with E-state index in [4.69, 9.17) is 10.1 Å². The number of benzene rings is 1. The second-order valence-electron chi connectivity index (χ2n) is 7.94. The van der Waals surface area contributed by atoms with Gasteiger partial charge in [0.1, 0.15) is 10.7 Å². The fourth-order valence-electron chi connectivity index (χ4n) is 4.14. The van der Waals surface area contributed by atoms with Crippen LogP contribution in [-0.2, 0) is 6.54 Å². The molecule has 0 saturated heterocycles. The third-order valence-corrected chi connectivity index (χ3v) is 6.69. The van der Waals surface area contributed by atoms with E-state index in [-0.39, 0.29) is 0 Å². The molecule has 1 aliphatic rings. The standard InChI is InChI=1S/C22H22N8S/c1-2-4-15(3-1)23-11-17-13-31-22(27-17)19-12-24-21-8-7-20(29-30(19)21)26-16-5-6-18-14(9-16)10-25-28-18/h5-10,12-13,15,23H,1-4,11H2,(H,25,28)(H,26,29). The van der Waals surface area contributed by atoms with Crippen molar-refractivity contribution in [3.8, 4) is 10.7 Å². The molecule has 1 fully saturated rings. The number of imidazole rings is 1. The zero-order valence-electron chi connectivity index (χ0n) is 16.9. The Hall–Kier alpha value is -3.30. The van der Waals surface area contributed by atoms with Gasteiger partial charge in [0.15, 0.2) is 11.5 Å². The van der Waals surface area contributed by atoms with Crippen molar-refractivity contribution in [3.63, 3.8) is 0 Å². The monoisotopic (exact) mass is 430 g/mol. The molecule has 0 amide bonds. The lowest BCUT2D eigenvalue weighted by Crippen LogP contribution is -2.25. The van der Waals surface area contributed by atoms with E-state index >= 15 is 0 Å². The molecule has 3 N–H and O–H groups in total. The minimum Gasteiger partial charge on any atom is -0.339 e. The van der Waals surface area contributed by atoms with Crippen LogP contribution in [0.4, 0.5) is 11.5 Å². The molecule has 1 aromatic carbocycles. The van der Waals surface area contributed by atoms with Crippen molar-refractivity contribution in [2.24, 2.45) is 0 Å². The smallest absolute Gasteiger partial charge is 0.154 e. The molecular formula is C22H22N8S. The number of hydrogen-bond acceptors (Lipinski definition) is 7. The van der Waals surface area contributed by atoms with Gasteiger partial charge in [-0.05, 0) is 43.2 Å². The summed E-state index contributed by atoms with van der Waals surface area (Å²) in [5.41, 5.74) is 4.74. The predicted molar refractivity (Wildman–Crippen MR) is 123 cm³/mol. The maximum Gasteiger partial charge on any atom is 0.154 e. The van der Waals surface area contributed by atoms with Gasteiger partial charge in [-0.1, -0.05) is 12.8 Å². The lowest BCUT2D eigenvalue weighted by Gasteiger charge is -2.09. The molecular weight excluding hydrogens is 408 g/mol. The Bertz CT molecular complexity index is 1340. The van der Waals surface area contributed by atoms with Crippen LogP contribution < -0.4 is 10.6 Å². The summed E-state index contributed by atoms with van der Waals surface area (Å²) in [5.74, 6) is 0.745. The van der Waals surface area contributed by atoms with E-state index in [0.717, 1.165) is 51.0 Å². The van der Waals surface area contributed by atoms with E-state index in [0.29, 0.717) is 6.04 Å². The van der Waals surface area contributed by atoms with Crippen LogP contribution in [0, 0.1) is 0 Å². The summed E-state index contributed by atoms with van der Waals surface area (Å²) < 4.78 is 1.85. The molecule has 0 radical (unpaired) electrons. The number of fused-ring (bicyclic) bond motifs is 2. The molecule has 0 atom stereocenters. The third-order valence-electron chi connectivity index (χ3n) is 5.77. The van der Waals surface area contributed by atoms with Gasteiger partial charge < -0.3 is 10.6 Å². The molecule has 0 bridgehead atoms. The van der Waals surface area contributed by atoms with Gasteiger partial charge in [-0.15, -0.1) is 16.4 Å². The van der Waals surface area contributed by atoms with Crippen LogP contribution in [-0.4, -0.2) is 35.8 Å². The number of thiazole rings is 1. The Morgan fingerprint density at radius 3 is 3.00 bits per heavy atom. The molecule has 4 heterocycles. The zero-order valence-corrected chi connectivity index (χ0v) is 17.7. The number of hydrogen-bond donors (Lipinski definition) is 3. The average molecular weight is 431 g/mol. The molecule has 0 unspecified atom stereocenters. The zero-order chi connectivity index (χ0) is 20.6. The number of anilines is 2. The van der Waals surface area contributed by atoms with Gasteiger partial charge in [0.25, 0.3) is 0 Å². The lowest BCUT2D eigenvalue weighted by atomic mass is 10.2. The van der Waals surface area contributed by atoms with Crippen LogP contribution >= 0.6 is 11.3 Å². The number of nitrogens with zero attached hydrogens (tertiary/aromatic N) is 5. The molecule has 0 aliphatic heterocycles. The summed E-state index contributed by atoms with van der Waals surface area (Å²) in [6.07, 6.45) is 8.87. The molecule has 9 heteroatoms. The van der Waals surface area contributed by atoms with E-state index in [1.807, 2.05) is 47.2 Å². The highest BCUT2D eigenvalue weighted by molar-refractivity contribution is 7.13. The average Bonchev–Trinajstić information content (AvgIpc) is 3.58. The SMILES string of the molecule is c1cc2[nH]ncc2cc1Nc1ccc2ncc(-c3nc(CNC4CCCC4)cs3)n2n1. The van der Waals surface area contributed by atoms with Crippen molar-refractivity contribution in [2.75, 3.05) is 5.32 Å². The highest BCUT2D eigenvalue weighted by Gasteiger charge is 2.16. The molecule has 8 nitrogen and oxygen atoms in total. The van der Waals surface area contributed by atoms with Crippen molar-refractivity contribution in [1.29, 1.82) is 0 Å². The van der Waals surface area contributed by atoms with Gasteiger partial charge in [-0.25, -0.2) is 14.5 Å². The van der Waals surface area contributed by atoms with Crippen LogP contribution in [0.1, 0.15) is 31.4 Å². The molecule has 31 heavy (non-hydrogen) atoms. The van der Waals surface area contributed by atoms with Crippen molar-refractivity contribution in [1.82, 2.24) is 35.1 Å². The summed E-state index contributed by atoms with van der Waals surface area (Å²) in [6, 6.07) is 10.6. The minimum absolute atomic E-state index is 0.637. The van der Waals surface area contributed by atoms with Gasteiger partial charge in [-0.2, -0.15) is 5.10 Å². The molecule has 1 aliphatic carbocycles. The second-order valence-corrected chi connectivity index (χ2v) is 8.79.